The fraction of sp³-hybridized carbons (Fsp3) is 0.556. The molecule has 0 radical (unpaired) electrons. The number of hydrogen-bond donors (Lipinski definition) is 1. The van der Waals surface area contributed by atoms with Crippen molar-refractivity contribution in [1.82, 2.24) is 5.32 Å². The predicted molar refractivity (Wildman–Crippen MR) is 86.1 cm³/mol. The zero-order chi connectivity index (χ0) is 16.1. The number of hydrogen-bond acceptors (Lipinski definition) is 3. The highest BCUT2D eigenvalue weighted by Gasteiger charge is 2.28. The van der Waals surface area contributed by atoms with Crippen molar-refractivity contribution in [1.29, 1.82) is 0 Å². The van der Waals surface area contributed by atoms with Crippen LogP contribution in [0.5, 0.6) is 5.75 Å². The number of ketones is 1. The Morgan fingerprint density at radius 3 is 2.77 bits per heavy atom. The second-order valence-electron chi connectivity index (χ2n) is 6.31. The lowest BCUT2D eigenvalue weighted by Crippen LogP contribution is -2.45. The number of amides is 1. The molecule has 1 saturated carbocycles. The fourth-order valence-electron chi connectivity index (χ4n) is 2.99. The Morgan fingerprint density at radius 2 is 2.05 bits per heavy atom. The molecule has 0 aromatic heterocycles. The van der Waals surface area contributed by atoms with E-state index >= 15 is 0 Å². The maximum absolute atomic E-state index is 12.1. The maximum Gasteiger partial charge on any atom is 0.258 e. The van der Waals surface area contributed by atoms with E-state index in [2.05, 4.69) is 19.2 Å². The molecule has 0 bridgehead atoms. The molecular formula is C18H25NO3. The number of Topliss-reactive ketones (excluding diaryl/α,β-unsaturated/α-hetero) is 1. The van der Waals surface area contributed by atoms with Gasteiger partial charge in [0.2, 0.25) is 0 Å². The Labute approximate surface area is 132 Å². The lowest BCUT2D eigenvalue weighted by atomic mass is 9.78. The Bertz CT molecular complexity index is 541. The van der Waals surface area contributed by atoms with E-state index in [-0.39, 0.29) is 24.3 Å². The van der Waals surface area contributed by atoms with Crippen molar-refractivity contribution in [3.63, 3.8) is 0 Å². The van der Waals surface area contributed by atoms with Crippen molar-refractivity contribution in [3.8, 4) is 5.75 Å². The molecule has 1 amide bonds. The fourth-order valence-corrected chi connectivity index (χ4v) is 2.99. The van der Waals surface area contributed by atoms with Gasteiger partial charge in [-0.25, -0.2) is 0 Å². The molecule has 1 aromatic carbocycles. The summed E-state index contributed by atoms with van der Waals surface area (Å²) in [5.41, 5.74) is 0.590. The minimum atomic E-state index is -0.0980. The van der Waals surface area contributed by atoms with Gasteiger partial charge in [0, 0.05) is 11.6 Å². The standard InChI is InChI=1S/C18H25NO3/c1-12-6-4-9-17(13(12)2)19-18(21)11-22-16-8-5-7-15(10-16)14(3)20/h5,7-8,10,12-13,17H,4,6,9,11H2,1-3H3,(H,19,21)/t12-,13-,17+/m1/s1. The van der Waals surface area contributed by atoms with Crippen LogP contribution in [-0.4, -0.2) is 24.3 Å². The van der Waals surface area contributed by atoms with Crippen LogP contribution in [0.15, 0.2) is 24.3 Å². The zero-order valence-corrected chi connectivity index (χ0v) is 13.6. The maximum atomic E-state index is 12.1. The molecule has 1 N–H and O–H groups in total. The van der Waals surface area contributed by atoms with Crippen molar-refractivity contribution in [2.24, 2.45) is 11.8 Å². The third kappa shape index (κ3) is 4.33. The molecule has 4 nitrogen and oxygen atoms in total. The summed E-state index contributed by atoms with van der Waals surface area (Å²) in [7, 11) is 0. The quantitative estimate of drug-likeness (QED) is 0.850. The molecule has 2 rings (SSSR count). The van der Waals surface area contributed by atoms with Gasteiger partial charge in [-0.05, 0) is 37.3 Å². The van der Waals surface area contributed by atoms with Gasteiger partial charge in [-0.1, -0.05) is 38.8 Å². The molecule has 1 fully saturated rings. The molecule has 0 spiro atoms. The molecule has 22 heavy (non-hydrogen) atoms. The third-order valence-electron chi connectivity index (χ3n) is 4.66. The van der Waals surface area contributed by atoms with Crippen molar-refractivity contribution in [3.05, 3.63) is 29.8 Å². The lowest BCUT2D eigenvalue weighted by Gasteiger charge is -2.34. The topological polar surface area (TPSA) is 55.4 Å². The van der Waals surface area contributed by atoms with Crippen molar-refractivity contribution in [2.45, 2.75) is 46.1 Å². The highest BCUT2D eigenvalue weighted by Crippen LogP contribution is 2.29. The summed E-state index contributed by atoms with van der Waals surface area (Å²) in [6.45, 7) is 5.94. The molecule has 3 atom stereocenters. The van der Waals surface area contributed by atoms with Gasteiger partial charge in [0.25, 0.3) is 5.91 Å². The Kier molecular flexibility index (Phi) is 5.58. The van der Waals surface area contributed by atoms with Gasteiger partial charge in [-0.2, -0.15) is 0 Å². The zero-order valence-electron chi connectivity index (χ0n) is 13.6. The first kappa shape index (κ1) is 16.5. The number of ether oxygens (including phenoxy) is 1. The Hall–Kier alpha value is -1.84. The first-order valence-electron chi connectivity index (χ1n) is 8.00. The van der Waals surface area contributed by atoms with Crippen molar-refractivity contribution < 1.29 is 14.3 Å². The van der Waals surface area contributed by atoms with E-state index in [1.165, 1.54) is 13.3 Å². The molecule has 4 heteroatoms. The average Bonchev–Trinajstić information content (AvgIpc) is 2.50. The van der Waals surface area contributed by atoms with Gasteiger partial charge in [-0.3, -0.25) is 9.59 Å². The first-order chi connectivity index (χ1) is 10.5. The van der Waals surface area contributed by atoms with E-state index in [9.17, 15) is 9.59 Å². The number of carbonyl (C=O) groups is 2. The van der Waals surface area contributed by atoms with Gasteiger partial charge in [0.1, 0.15) is 5.75 Å². The summed E-state index contributed by atoms with van der Waals surface area (Å²) in [4.78, 5) is 23.4. The van der Waals surface area contributed by atoms with E-state index in [0.717, 1.165) is 12.8 Å². The van der Waals surface area contributed by atoms with Gasteiger partial charge < -0.3 is 10.1 Å². The van der Waals surface area contributed by atoms with Gasteiger partial charge in [0.15, 0.2) is 12.4 Å². The number of carbonyl (C=O) groups excluding carboxylic acids is 2. The van der Waals surface area contributed by atoms with Gasteiger partial charge in [0.05, 0.1) is 0 Å². The Morgan fingerprint density at radius 1 is 1.27 bits per heavy atom. The normalized spacial score (nSPS) is 24.6. The van der Waals surface area contributed by atoms with Gasteiger partial charge in [-0.15, -0.1) is 0 Å². The summed E-state index contributed by atoms with van der Waals surface area (Å²) < 4.78 is 5.50. The molecule has 0 unspecified atom stereocenters. The molecule has 0 aliphatic heterocycles. The van der Waals surface area contributed by atoms with Crippen LogP contribution < -0.4 is 10.1 Å². The van der Waals surface area contributed by atoms with Crippen LogP contribution in [0.4, 0.5) is 0 Å². The second-order valence-corrected chi connectivity index (χ2v) is 6.31. The van der Waals surface area contributed by atoms with E-state index in [4.69, 9.17) is 4.74 Å². The molecule has 1 aromatic rings. The van der Waals surface area contributed by atoms with Crippen molar-refractivity contribution >= 4 is 11.7 Å². The van der Waals surface area contributed by atoms with Crippen LogP contribution in [0, 0.1) is 11.8 Å². The summed E-state index contributed by atoms with van der Waals surface area (Å²) in [6.07, 6.45) is 3.44. The molecule has 0 saturated heterocycles. The summed E-state index contributed by atoms with van der Waals surface area (Å²) in [6, 6.07) is 7.16. The highest BCUT2D eigenvalue weighted by atomic mass is 16.5. The number of nitrogens with one attached hydrogen (secondary N) is 1. The first-order valence-corrected chi connectivity index (χ1v) is 8.00. The molecule has 1 aliphatic rings. The monoisotopic (exact) mass is 303 g/mol. The van der Waals surface area contributed by atoms with E-state index in [1.54, 1.807) is 24.3 Å². The SMILES string of the molecule is CC(=O)c1cccc(OCC(=O)N[C@H]2CCC[C@@H](C)[C@H]2C)c1. The Balaban J connectivity index is 1.85. The molecule has 0 heterocycles. The van der Waals surface area contributed by atoms with Gasteiger partial charge >= 0.3 is 0 Å². The van der Waals surface area contributed by atoms with Crippen LogP contribution in [0.3, 0.4) is 0 Å². The van der Waals surface area contributed by atoms with Crippen LogP contribution in [0.2, 0.25) is 0 Å². The average molecular weight is 303 g/mol. The number of rotatable bonds is 5. The highest BCUT2D eigenvalue weighted by molar-refractivity contribution is 5.94. The predicted octanol–water partition coefficient (Wildman–Crippen LogP) is 3.21. The van der Waals surface area contributed by atoms with E-state index < -0.39 is 0 Å². The third-order valence-corrected chi connectivity index (χ3v) is 4.66. The molecule has 120 valence electrons. The minimum absolute atomic E-state index is 0.0140. The smallest absolute Gasteiger partial charge is 0.258 e. The summed E-state index contributed by atoms with van der Waals surface area (Å²) >= 11 is 0. The second kappa shape index (κ2) is 7.43. The molecular weight excluding hydrogens is 278 g/mol. The molecule has 1 aliphatic carbocycles. The largest absolute Gasteiger partial charge is 0.484 e. The number of benzene rings is 1. The van der Waals surface area contributed by atoms with E-state index in [0.29, 0.717) is 23.1 Å². The van der Waals surface area contributed by atoms with E-state index in [1.807, 2.05) is 0 Å². The van der Waals surface area contributed by atoms with Crippen LogP contribution >= 0.6 is 0 Å². The minimum Gasteiger partial charge on any atom is -0.484 e. The summed E-state index contributed by atoms with van der Waals surface area (Å²) in [5.74, 6) is 1.58. The van der Waals surface area contributed by atoms with Crippen molar-refractivity contribution in [2.75, 3.05) is 6.61 Å². The van der Waals surface area contributed by atoms with Crippen LogP contribution in [-0.2, 0) is 4.79 Å². The summed E-state index contributed by atoms with van der Waals surface area (Å²) in [5, 5.41) is 3.08. The van der Waals surface area contributed by atoms with Crippen LogP contribution in [0.1, 0.15) is 50.4 Å². The van der Waals surface area contributed by atoms with Crippen LogP contribution in [0.25, 0.3) is 0 Å². The lowest BCUT2D eigenvalue weighted by molar-refractivity contribution is -0.124.